The predicted molar refractivity (Wildman–Crippen MR) is 95.0 cm³/mol. The molecule has 0 bridgehead atoms. The second kappa shape index (κ2) is 7.25. The fourth-order valence-corrected chi connectivity index (χ4v) is 2.21. The highest BCUT2D eigenvalue weighted by Gasteiger charge is 2.01. The van der Waals surface area contributed by atoms with Crippen molar-refractivity contribution in [1.82, 2.24) is 9.97 Å². The first-order valence-corrected chi connectivity index (χ1v) is 7.62. The molecule has 3 rings (SSSR count). The van der Waals surface area contributed by atoms with E-state index < -0.39 is 0 Å². The number of aryl methyl sites for hydroxylation is 1. The normalized spacial score (nSPS) is 10.0. The molecule has 0 amide bonds. The third-order valence-corrected chi connectivity index (χ3v) is 3.50. The van der Waals surface area contributed by atoms with Gasteiger partial charge in [-0.1, -0.05) is 35.9 Å². The maximum atomic E-state index is 8.95. The monoisotopic (exact) mass is 315 g/mol. The van der Waals surface area contributed by atoms with Gasteiger partial charge in [-0.25, -0.2) is 4.98 Å². The molecule has 0 atom stereocenters. The molecule has 0 aliphatic heterocycles. The van der Waals surface area contributed by atoms with Gasteiger partial charge in [0, 0.05) is 18.4 Å². The van der Waals surface area contributed by atoms with Crippen molar-refractivity contribution in [3.05, 3.63) is 77.5 Å². The van der Waals surface area contributed by atoms with Crippen molar-refractivity contribution >= 4 is 17.5 Å². The SMILES string of the molecule is Cc1ccc(CNc2ccnc(Nc3cccc(C#N)c3)n2)cc1. The molecule has 0 radical (unpaired) electrons. The third kappa shape index (κ3) is 4.08. The largest absolute Gasteiger partial charge is 0.366 e. The van der Waals surface area contributed by atoms with E-state index in [2.05, 4.69) is 57.9 Å². The van der Waals surface area contributed by atoms with Crippen LogP contribution in [0.2, 0.25) is 0 Å². The second-order valence-corrected chi connectivity index (χ2v) is 5.42. The third-order valence-electron chi connectivity index (χ3n) is 3.50. The number of aromatic nitrogens is 2. The van der Waals surface area contributed by atoms with Gasteiger partial charge in [0.05, 0.1) is 11.6 Å². The Balaban J connectivity index is 1.67. The van der Waals surface area contributed by atoms with Gasteiger partial charge in [-0.3, -0.25) is 0 Å². The van der Waals surface area contributed by atoms with E-state index >= 15 is 0 Å². The van der Waals surface area contributed by atoms with E-state index in [9.17, 15) is 0 Å². The number of nitrogens with one attached hydrogen (secondary N) is 2. The Kier molecular flexibility index (Phi) is 4.68. The molecule has 2 N–H and O–H groups in total. The van der Waals surface area contributed by atoms with Gasteiger partial charge in [0.2, 0.25) is 5.95 Å². The highest BCUT2D eigenvalue weighted by atomic mass is 15.1. The Bertz CT molecular complexity index is 865. The molecule has 0 fully saturated rings. The summed E-state index contributed by atoms with van der Waals surface area (Å²) >= 11 is 0. The molecule has 0 unspecified atom stereocenters. The van der Waals surface area contributed by atoms with Crippen molar-refractivity contribution in [2.75, 3.05) is 10.6 Å². The number of anilines is 3. The topological polar surface area (TPSA) is 73.6 Å². The van der Waals surface area contributed by atoms with Gasteiger partial charge >= 0.3 is 0 Å². The Morgan fingerprint density at radius 3 is 2.71 bits per heavy atom. The summed E-state index contributed by atoms with van der Waals surface area (Å²) in [5.74, 6) is 1.23. The quantitative estimate of drug-likeness (QED) is 0.744. The molecule has 3 aromatic rings. The van der Waals surface area contributed by atoms with Crippen LogP contribution in [-0.4, -0.2) is 9.97 Å². The van der Waals surface area contributed by atoms with Crippen LogP contribution in [0.5, 0.6) is 0 Å². The van der Waals surface area contributed by atoms with E-state index in [0.29, 0.717) is 18.1 Å². The van der Waals surface area contributed by atoms with Gasteiger partial charge in [-0.05, 0) is 36.8 Å². The summed E-state index contributed by atoms with van der Waals surface area (Å²) < 4.78 is 0. The van der Waals surface area contributed by atoms with Gasteiger partial charge in [0.1, 0.15) is 5.82 Å². The summed E-state index contributed by atoms with van der Waals surface area (Å²) in [6.45, 7) is 2.77. The maximum absolute atomic E-state index is 8.95. The van der Waals surface area contributed by atoms with Gasteiger partial charge in [-0.2, -0.15) is 10.2 Å². The molecule has 5 heteroatoms. The minimum atomic E-state index is 0.485. The number of nitriles is 1. The minimum absolute atomic E-state index is 0.485. The van der Waals surface area contributed by atoms with Crippen LogP contribution in [0.15, 0.2) is 60.8 Å². The highest BCUT2D eigenvalue weighted by molar-refractivity contribution is 5.57. The molecular weight excluding hydrogens is 298 g/mol. The van der Waals surface area contributed by atoms with Crippen molar-refractivity contribution < 1.29 is 0 Å². The first kappa shape index (κ1) is 15.5. The summed E-state index contributed by atoms with van der Waals surface area (Å²) in [6.07, 6.45) is 1.70. The first-order chi connectivity index (χ1) is 11.7. The van der Waals surface area contributed by atoms with Crippen molar-refractivity contribution in [2.24, 2.45) is 0 Å². The van der Waals surface area contributed by atoms with Crippen LogP contribution >= 0.6 is 0 Å². The molecule has 1 aromatic heterocycles. The smallest absolute Gasteiger partial charge is 0.229 e. The Hall–Kier alpha value is -3.39. The first-order valence-electron chi connectivity index (χ1n) is 7.62. The molecule has 24 heavy (non-hydrogen) atoms. The summed E-state index contributed by atoms with van der Waals surface area (Å²) in [5.41, 5.74) is 3.81. The molecule has 1 heterocycles. The average molecular weight is 315 g/mol. The number of hydrogen-bond donors (Lipinski definition) is 2. The van der Waals surface area contributed by atoms with Crippen molar-refractivity contribution in [3.63, 3.8) is 0 Å². The average Bonchev–Trinajstić information content (AvgIpc) is 2.62. The standard InChI is InChI=1S/C19H17N5/c1-14-5-7-15(8-6-14)13-22-18-9-10-21-19(24-18)23-17-4-2-3-16(11-17)12-20/h2-11H,13H2,1H3,(H2,21,22,23,24). The van der Waals surface area contributed by atoms with Crippen LogP contribution in [0.3, 0.4) is 0 Å². The van der Waals surface area contributed by atoms with Crippen molar-refractivity contribution in [1.29, 1.82) is 5.26 Å². The fraction of sp³-hybridized carbons (Fsp3) is 0.105. The second-order valence-electron chi connectivity index (χ2n) is 5.42. The number of benzene rings is 2. The summed E-state index contributed by atoms with van der Waals surface area (Å²) in [4.78, 5) is 8.65. The van der Waals surface area contributed by atoms with Crippen LogP contribution in [0.25, 0.3) is 0 Å². The summed E-state index contributed by atoms with van der Waals surface area (Å²) in [6, 6.07) is 19.5. The lowest BCUT2D eigenvalue weighted by Gasteiger charge is -2.09. The van der Waals surface area contributed by atoms with Crippen molar-refractivity contribution in [2.45, 2.75) is 13.5 Å². The molecule has 0 aliphatic carbocycles. The van der Waals surface area contributed by atoms with E-state index in [-0.39, 0.29) is 0 Å². The van der Waals surface area contributed by atoms with Crippen LogP contribution < -0.4 is 10.6 Å². The Morgan fingerprint density at radius 1 is 1.08 bits per heavy atom. The van der Waals surface area contributed by atoms with Gasteiger partial charge < -0.3 is 10.6 Å². The van der Waals surface area contributed by atoms with E-state index in [1.807, 2.05) is 18.2 Å². The van der Waals surface area contributed by atoms with Crippen LogP contribution in [0.1, 0.15) is 16.7 Å². The number of rotatable bonds is 5. The van der Waals surface area contributed by atoms with Crippen molar-refractivity contribution in [3.8, 4) is 6.07 Å². The minimum Gasteiger partial charge on any atom is -0.366 e. The summed E-state index contributed by atoms with van der Waals surface area (Å²) in [5, 5.41) is 15.3. The number of hydrogen-bond acceptors (Lipinski definition) is 5. The fourth-order valence-electron chi connectivity index (χ4n) is 2.21. The van der Waals surface area contributed by atoms with E-state index in [1.165, 1.54) is 11.1 Å². The lowest BCUT2D eigenvalue weighted by molar-refractivity contribution is 1.08. The molecular formula is C19H17N5. The van der Waals surface area contributed by atoms with E-state index in [0.717, 1.165) is 11.5 Å². The Labute approximate surface area is 141 Å². The highest BCUT2D eigenvalue weighted by Crippen LogP contribution is 2.16. The lowest BCUT2D eigenvalue weighted by atomic mass is 10.1. The number of nitrogens with zero attached hydrogens (tertiary/aromatic N) is 3. The molecule has 0 spiro atoms. The molecule has 0 saturated carbocycles. The van der Waals surface area contributed by atoms with Crippen LogP contribution in [0.4, 0.5) is 17.5 Å². The maximum Gasteiger partial charge on any atom is 0.229 e. The molecule has 0 aliphatic rings. The zero-order valence-corrected chi connectivity index (χ0v) is 13.3. The van der Waals surface area contributed by atoms with Gasteiger partial charge in [0.25, 0.3) is 0 Å². The molecule has 0 saturated heterocycles. The van der Waals surface area contributed by atoms with Gasteiger partial charge in [-0.15, -0.1) is 0 Å². The zero-order valence-electron chi connectivity index (χ0n) is 13.3. The molecule has 2 aromatic carbocycles. The predicted octanol–water partition coefficient (Wildman–Crippen LogP) is 4.01. The summed E-state index contributed by atoms with van der Waals surface area (Å²) in [7, 11) is 0. The molecule has 5 nitrogen and oxygen atoms in total. The van der Waals surface area contributed by atoms with E-state index in [4.69, 9.17) is 5.26 Å². The van der Waals surface area contributed by atoms with Crippen LogP contribution in [0, 0.1) is 18.3 Å². The Morgan fingerprint density at radius 2 is 1.92 bits per heavy atom. The zero-order chi connectivity index (χ0) is 16.8. The van der Waals surface area contributed by atoms with Crippen LogP contribution in [-0.2, 0) is 6.54 Å². The lowest BCUT2D eigenvalue weighted by Crippen LogP contribution is -2.04. The van der Waals surface area contributed by atoms with Gasteiger partial charge in [0.15, 0.2) is 0 Å². The van der Waals surface area contributed by atoms with E-state index in [1.54, 1.807) is 18.3 Å². The molecule has 118 valence electrons.